The van der Waals surface area contributed by atoms with E-state index in [-0.39, 0.29) is 5.56 Å². The standard InChI is InChI=1S/C25H29FN6OS/c1-32(18-5-3-2-4-6-18)34-19-10-8-17(9-11-19)29-25(33)20-15-16(7-12-21(20)26)23-14-13-22(27)24(30-23)31-28/h7-15,18H,2-6,27-28H2,1H3,(H,29,33)(H,30,31). The summed E-state index contributed by atoms with van der Waals surface area (Å²) in [4.78, 5) is 18.2. The number of anilines is 3. The first-order valence-corrected chi connectivity index (χ1v) is 12.1. The number of hydrazine groups is 1. The predicted molar refractivity (Wildman–Crippen MR) is 137 cm³/mol. The van der Waals surface area contributed by atoms with Crippen LogP contribution in [-0.2, 0) is 0 Å². The fraction of sp³-hybridized carbons (Fsp3) is 0.280. The Morgan fingerprint density at radius 1 is 1.09 bits per heavy atom. The monoisotopic (exact) mass is 480 g/mol. The molecule has 1 heterocycles. The van der Waals surface area contributed by atoms with Crippen molar-refractivity contribution in [2.24, 2.45) is 5.84 Å². The molecular weight excluding hydrogens is 451 g/mol. The molecule has 6 N–H and O–H groups in total. The van der Waals surface area contributed by atoms with Crippen molar-refractivity contribution in [2.45, 2.75) is 43.0 Å². The molecule has 0 spiro atoms. The van der Waals surface area contributed by atoms with Gasteiger partial charge in [-0.2, -0.15) is 0 Å². The van der Waals surface area contributed by atoms with Gasteiger partial charge in [0.2, 0.25) is 0 Å². The fourth-order valence-electron chi connectivity index (χ4n) is 4.09. The summed E-state index contributed by atoms with van der Waals surface area (Å²) in [7, 11) is 2.13. The second kappa shape index (κ2) is 10.9. The minimum Gasteiger partial charge on any atom is -0.396 e. The molecule has 3 aromatic rings. The normalized spacial score (nSPS) is 14.2. The molecule has 0 radical (unpaired) electrons. The molecule has 178 valence electrons. The van der Waals surface area contributed by atoms with Crippen LogP contribution in [0, 0.1) is 5.82 Å². The molecule has 1 aromatic heterocycles. The summed E-state index contributed by atoms with van der Waals surface area (Å²) >= 11 is 1.71. The van der Waals surface area contributed by atoms with Gasteiger partial charge in [-0.05, 0) is 86.4 Å². The van der Waals surface area contributed by atoms with E-state index in [1.165, 1.54) is 44.2 Å². The molecule has 0 atom stereocenters. The number of nitrogens with zero attached hydrogens (tertiary/aromatic N) is 2. The SMILES string of the molecule is CN(Sc1ccc(NC(=O)c2cc(-c3ccc(N)c(NN)n3)ccc2F)cc1)C1CCCCC1. The van der Waals surface area contributed by atoms with Crippen LogP contribution in [0.3, 0.4) is 0 Å². The van der Waals surface area contributed by atoms with E-state index in [0.29, 0.717) is 34.5 Å². The largest absolute Gasteiger partial charge is 0.396 e. The molecule has 1 saturated carbocycles. The van der Waals surface area contributed by atoms with E-state index in [9.17, 15) is 9.18 Å². The van der Waals surface area contributed by atoms with Gasteiger partial charge in [0.25, 0.3) is 5.91 Å². The van der Waals surface area contributed by atoms with Crippen molar-refractivity contribution < 1.29 is 9.18 Å². The highest BCUT2D eigenvalue weighted by Crippen LogP contribution is 2.31. The second-order valence-corrected chi connectivity index (χ2v) is 9.61. The van der Waals surface area contributed by atoms with E-state index < -0.39 is 11.7 Å². The van der Waals surface area contributed by atoms with Gasteiger partial charge in [0.15, 0.2) is 5.82 Å². The first kappa shape index (κ1) is 24.0. The number of benzene rings is 2. The van der Waals surface area contributed by atoms with Gasteiger partial charge in [-0.15, -0.1) is 0 Å². The van der Waals surface area contributed by atoms with Crippen molar-refractivity contribution in [3.05, 3.63) is 66.0 Å². The van der Waals surface area contributed by atoms with Crippen LogP contribution in [-0.4, -0.2) is 28.3 Å². The lowest BCUT2D eigenvalue weighted by Crippen LogP contribution is -2.27. The van der Waals surface area contributed by atoms with Crippen molar-refractivity contribution in [3.8, 4) is 11.3 Å². The Hall–Kier alpha value is -3.14. The summed E-state index contributed by atoms with van der Waals surface area (Å²) in [5.41, 5.74) is 10.2. The lowest BCUT2D eigenvalue weighted by molar-refractivity contribution is 0.102. The van der Waals surface area contributed by atoms with Crippen molar-refractivity contribution in [1.29, 1.82) is 0 Å². The lowest BCUT2D eigenvalue weighted by Gasteiger charge is -2.30. The van der Waals surface area contributed by atoms with Crippen LogP contribution in [0.1, 0.15) is 42.5 Å². The fourth-order valence-corrected chi connectivity index (χ4v) is 5.04. The van der Waals surface area contributed by atoms with E-state index in [1.807, 2.05) is 24.3 Å². The average molecular weight is 481 g/mol. The Kier molecular flexibility index (Phi) is 7.66. The molecule has 1 amide bonds. The number of hydrogen-bond acceptors (Lipinski definition) is 7. The molecule has 4 rings (SSSR count). The van der Waals surface area contributed by atoms with Gasteiger partial charge in [-0.1, -0.05) is 19.3 Å². The third-order valence-corrected chi connectivity index (χ3v) is 7.09. The molecule has 34 heavy (non-hydrogen) atoms. The van der Waals surface area contributed by atoms with Crippen LogP contribution in [0.5, 0.6) is 0 Å². The van der Waals surface area contributed by atoms with E-state index in [0.717, 1.165) is 4.90 Å². The maximum Gasteiger partial charge on any atom is 0.258 e. The smallest absolute Gasteiger partial charge is 0.258 e. The molecule has 7 nitrogen and oxygen atoms in total. The summed E-state index contributed by atoms with van der Waals surface area (Å²) in [6.07, 6.45) is 6.38. The molecule has 0 unspecified atom stereocenters. The Balaban J connectivity index is 1.44. The summed E-state index contributed by atoms with van der Waals surface area (Å²) in [6, 6.07) is 15.8. The topological polar surface area (TPSA) is 109 Å². The highest BCUT2D eigenvalue weighted by Gasteiger charge is 2.19. The number of nitrogens with one attached hydrogen (secondary N) is 2. The van der Waals surface area contributed by atoms with Crippen LogP contribution in [0.4, 0.5) is 21.6 Å². The number of carbonyl (C=O) groups excluding carboxylic acids is 1. The highest BCUT2D eigenvalue weighted by atomic mass is 32.2. The zero-order valence-electron chi connectivity index (χ0n) is 19.1. The van der Waals surface area contributed by atoms with Crippen LogP contribution >= 0.6 is 11.9 Å². The third kappa shape index (κ3) is 5.67. The van der Waals surface area contributed by atoms with Crippen LogP contribution in [0.25, 0.3) is 11.3 Å². The summed E-state index contributed by atoms with van der Waals surface area (Å²) < 4.78 is 16.8. The molecule has 0 aliphatic heterocycles. The minimum atomic E-state index is -0.616. The Labute approximate surface area is 203 Å². The maximum atomic E-state index is 14.5. The number of halogens is 1. The molecular formula is C25H29FN6OS. The third-order valence-electron chi connectivity index (χ3n) is 6.02. The van der Waals surface area contributed by atoms with Crippen molar-refractivity contribution in [1.82, 2.24) is 9.29 Å². The average Bonchev–Trinajstić information content (AvgIpc) is 2.86. The zero-order valence-corrected chi connectivity index (χ0v) is 19.9. The molecule has 0 bridgehead atoms. The van der Waals surface area contributed by atoms with Crippen LogP contribution in [0.15, 0.2) is 59.5 Å². The predicted octanol–water partition coefficient (Wildman–Crippen LogP) is 5.28. The molecule has 9 heteroatoms. The Morgan fingerprint density at radius 3 is 2.53 bits per heavy atom. The number of carbonyl (C=O) groups is 1. The maximum absolute atomic E-state index is 14.5. The number of nitrogens with two attached hydrogens (primary N) is 2. The van der Waals surface area contributed by atoms with E-state index in [2.05, 4.69) is 27.1 Å². The van der Waals surface area contributed by atoms with Gasteiger partial charge >= 0.3 is 0 Å². The van der Waals surface area contributed by atoms with Crippen molar-refractivity contribution >= 4 is 35.0 Å². The van der Waals surface area contributed by atoms with E-state index in [1.54, 1.807) is 30.1 Å². The number of pyridine rings is 1. The van der Waals surface area contributed by atoms with E-state index in [4.69, 9.17) is 11.6 Å². The summed E-state index contributed by atoms with van der Waals surface area (Å²) in [6.45, 7) is 0. The molecule has 2 aromatic carbocycles. The number of amides is 1. The number of rotatable bonds is 7. The second-order valence-electron chi connectivity index (χ2n) is 8.38. The van der Waals surface area contributed by atoms with Crippen molar-refractivity contribution in [3.63, 3.8) is 0 Å². The molecule has 1 aliphatic rings. The summed E-state index contributed by atoms with van der Waals surface area (Å²) in [5, 5.41) is 2.78. The zero-order chi connectivity index (χ0) is 24.1. The van der Waals surface area contributed by atoms with Crippen molar-refractivity contribution in [2.75, 3.05) is 23.5 Å². The van der Waals surface area contributed by atoms with Gasteiger partial charge in [0, 0.05) is 22.2 Å². The van der Waals surface area contributed by atoms with Gasteiger partial charge in [0.1, 0.15) is 5.82 Å². The Bertz CT molecular complexity index is 1150. The lowest BCUT2D eigenvalue weighted by atomic mass is 9.96. The highest BCUT2D eigenvalue weighted by molar-refractivity contribution is 7.97. The van der Waals surface area contributed by atoms with Gasteiger partial charge in [-0.3, -0.25) is 4.79 Å². The minimum absolute atomic E-state index is 0.0751. The molecule has 1 aliphatic carbocycles. The number of hydrogen-bond donors (Lipinski definition) is 4. The number of nitrogen functional groups attached to an aromatic ring is 2. The van der Waals surface area contributed by atoms with Gasteiger partial charge in [-0.25, -0.2) is 19.5 Å². The van der Waals surface area contributed by atoms with Crippen LogP contribution < -0.4 is 22.3 Å². The quantitative estimate of drug-likeness (QED) is 0.207. The number of aromatic nitrogens is 1. The van der Waals surface area contributed by atoms with Gasteiger partial charge < -0.3 is 16.5 Å². The first-order valence-electron chi connectivity index (χ1n) is 11.3. The molecule has 1 fully saturated rings. The van der Waals surface area contributed by atoms with E-state index >= 15 is 0 Å². The first-order chi connectivity index (χ1) is 16.4. The van der Waals surface area contributed by atoms with Gasteiger partial charge in [0.05, 0.1) is 16.9 Å². The summed E-state index contributed by atoms with van der Waals surface area (Å²) in [5.74, 6) is 4.59. The molecule has 0 saturated heterocycles. The van der Waals surface area contributed by atoms with Crippen LogP contribution in [0.2, 0.25) is 0 Å². The Morgan fingerprint density at radius 2 is 1.82 bits per heavy atom.